The number of aryl methyl sites for hydroxylation is 1. The zero-order valence-electron chi connectivity index (χ0n) is 11.0. The summed E-state index contributed by atoms with van der Waals surface area (Å²) in [7, 11) is 1.67. The molecular weight excluding hydrogens is 226 g/mol. The summed E-state index contributed by atoms with van der Waals surface area (Å²) in [5.41, 5.74) is 8.77. The number of hydrogen-bond acceptors (Lipinski definition) is 3. The van der Waals surface area contributed by atoms with Crippen LogP contribution in [0.1, 0.15) is 18.4 Å². The van der Waals surface area contributed by atoms with Crippen LogP contribution in [0.4, 0.5) is 0 Å². The SMILES string of the molecule is COc1ccccc1-c1nc(CC(C)N)[nH]c1C. The van der Waals surface area contributed by atoms with Crippen LogP contribution in [0.5, 0.6) is 5.75 Å². The van der Waals surface area contributed by atoms with Gasteiger partial charge in [0.2, 0.25) is 0 Å². The van der Waals surface area contributed by atoms with Gasteiger partial charge in [0, 0.05) is 23.7 Å². The second kappa shape index (κ2) is 5.23. The number of rotatable bonds is 4. The van der Waals surface area contributed by atoms with Crippen LogP contribution < -0.4 is 10.5 Å². The van der Waals surface area contributed by atoms with Crippen LogP contribution in [0.3, 0.4) is 0 Å². The molecule has 1 heterocycles. The molecule has 2 rings (SSSR count). The summed E-state index contributed by atoms with van der Waals surface area (Å²) < 4.78 is 5.37. The van der Waals surface area contributed by atoms with Crippen molar-refractivity contribution in [3.8, 4) is 17.0 Å². The van der Waals surface area contributed by atoms with Crippen LogP contribution in [0.2, 0.25) is 0 Å². The van der Waals surface area contributed by atoms with E-state index in [0.29, 0.717) is 0 Å². The Balaban J connectivity index is 2.41. The Morgan fingerprint density at radius 3 is 2.78 bits per heavy atom. The minimum Gasteiger partial charge on any atom is -0.496 e. The third-order valence-electron chi connectivity index (χ3n) is 2.81. The lowest BCUT2D eigenvalue weighted by Gasteiger charge is -2.06. The van der Waals surface area contributed by atoms with E-state index in [1.54, 1.807) is 7.11 Å². The lowest BCUT2D eigenvalue weighted by atomic mass is 10.1. The van der Waals surface area contributed by atoms with Crippen LogP contribution >= 0.6 is 0 Å². The van der Waals surface area contributed by atoms with E-state index in [9.17, 15) is 0 Å². The molecule has 1 unspecified atom stereocenters. The minimum atomic E-state index is 0.0982. The van der Waals surface area contributed by atoms with Gasteiger partial charge >= 0.3 is 0 Å². The third kappa shape index (κ3) is 2.54. The highest BCUT2D eigenvalue weighted by Crippen LogP contribution is 2.30. The molecule has 3 N–H and O–H groups in total. The number of imidazole rings is 1. The summed E-state index contributed by atoms with van der Waals surface area (Å²) in [5, 5.41) is 0. The molecule has 4 heteroatoms. The average Bonchev–Trinajstić information content (AvgIpc) is 2.69. The number of nitrogens with one attached hydrogen (secondary N) is 1. The molecule has 0 spiro atoms. The second-order valence-corrected chi connectivity index (χ2v) is 4.54. The number of aromatic nitrogens is 2. The number of nitrogens with two attached hydrogens (primary N) is 1. The molecule has 0 fully saturated rings. The molecule has 0 saturated carbocycles. The number of aromatic amines is 1. The van der Waals surface area contributed by atoms with Gasteiger partial charge in [0.05, 0.1) is 12.8 Å². The molecule has 1 aromatic heterocycles. The molecule has 0 aliphatic heterocycles. The van der Waals surface area contributed by atoms with Crippen LogP contribution in [-0.4, -0.2) is 23.1 Å². The Hall–Kier alpha value is -1.81. The standard InChI is InChI=1S/C14H19N3O/c1-9(15)8-13-16-10(2)14(17-13)11-6-4-5-7-12(11)18-3/h4-7,9H,8,15H2,1-3H3,(H,16,17). The number of hydrogen-bond donors (Lipinski definition) is 2. The lowest BCUT2D eigenvalue weighted by Crippen LogP contribution is -2.18. The molecule has 0 bridgehead atoms. The topological polar surface area (TPSA) is 63.9 Å². The number of benzene rings is 1. The molecule has 0 amide bonds. The van der Waals surface area contributed by atoms with Crippen molar-refractivity contribution in [3.05, 3.63) is 35.8 Å². The fourth-order valence-corrected chi connectivity index (χ4v) is 2.03. The maximum atomic E-state index is 5.79. The van der Waals surface area contributed by atoms with Crippen LogP contribution in [0.25, 0.3) is 11.3 Å². The molecule has 1 atom stereocenters. The number of methoxy groups -OCH3 is 1. The molecule has 4 nitrogen and oxygen atoms in total. The summed E-state index contributed by atoms with van der Waals surface area (Å²) in [6.45, 7) is 3.99. The van der Waals surface area contributed by atoms with Gasteiger partial charge in [-0.05, 0) is 26.0 Å². The van der Waals surface area contributed by atoms with Crippen molar-refractivity contribution in [1.29, 1.82) is 0 Å². The van der Waals surface area contributed by atoms with Crippen molar-refractivity contribution in [2.24, 2.45) is 5.73 Å². The molecule has 18 heavy (non-hydrogen) atoms. The molecular formula is C14H19N3O. The van der Waals surface area contributed by atoms with Gasteiger partial charge in [0.25, 0.3) is 0 Å². The predicted molar refractivity (Wildman–Crippen MR) is 72.7 cm³/mol. The van der Waals surface area contributed by atoms with Crippen molar-refractivity contribution in [2.45, 2.75) is 26.3 Å². The van der Waals surface area contributed by atoms with Gasteiger partial charge in [0.15, 0.2) is 0 Å². The van der Waals surface area contributed by atoms with Crippen molar-refractivity contribution >= 4 is 0 Å². The number of para-hydroxylation sites is 1. The van der Waals surface area contributed by atoms with Gasteiger partial charge in [-0.25, -0.2) is 4.98 Å². The molecule has 2 aromatic rings. The number of nitrogens with zero attached hydrogens (tertiary/aromatic N) is 1. The Labute approximate surface area is 107 Å². The maximum Gasteiger partial charge on any atom is 0.128 e. The summed E-state index contributed by atoms with van der Waals surface area (Å²) in [6, 6.07) is 7.98. The van der Waals surface area contributed by atoms with E-state index in [1.807, 2.05) is 38.1 Å². The zero-order valence-corrected chi connectivity index (χ0v) is 11.0. The highest BCUT2D eigenvalue weighted by molar-refractivity contribution is 5.69. The first-order valence-corrected chi connectivity index (χ1v) is 6.06. The fraction of sp³-hybridized carbons (Fsp3) is 0.357. The number of H-pyrrole nitrogens is 1. The minimum absolute atomic E-state index is 0.0982. The van der Waals surface area contributed by atoms with Crippen molar-refractivity contribution in [2.75, 3.05) is 7.11 Å². The lowest BCUT2D eigenvalue weighted by molar-refractivity contribution is 0.416. The van der Waals surface area contributed by atoms with Gasteiger partial charge in [-0.1, -0.05) is 12.1 Å². The first-order valence-electron chi connectivity index (χ1n) is 6.06. The Kier molecular flexibility index (Phi) is 3.67. The summed E-state index contributed by atoms with van der Waals surface area (Å²) in [5.74, 6) is 1.75. The Bertz CT molecular complexity index is 532. The Morgan fingerprint density at radius 2 is 2.11 bits per heavy atom. The normalized spacial score (nSPS) is 12.4. The monoisotopic (exact) mass is 245 g/mol. The van der Waals surface area contributed by atoms with Crippen LogP contribution in [0, 0.1) is 6.92 Å². The predicted octanol–water partition coefficient (Wildman–Crippen LogP) is 2.28. The van der Waals surface area contributed by atoms with E-state index in [1.165, 1.54) is 0 Å². The third-order valence-corrected chi connectivity index (χ3v) is 2.81. The van der Waals surface area contributed by atoms with E-state index in [0.717, 1.165) is 34.9 Å². The van der Waals surface area contributed by atoms with E-state index < -0.39 is 0 Å². The van der Waals surface area contributed by atoms with Gasteiger partial charge in [-0.2, -0.15) is 0 Å². The highest BCUT2D eigenvalue weighted by Gasteiger charge is 2.13. The Morgan fingerprint density at radius 1 is 1.39 bits per heavy atom. The smallest absolute Gasteiger partial charge is 0.128 e. The van der Waals surface area contributed by atoms with Gasteiger partial charge in [0.1, 0.15) is 11.6 Å². The average molecular weight is 245 g/mol. The van der Waals surface area contributed by atoms with Crippen LogP contribution in [0.15, 0.2) is 24.3 Å². The quantitative estimate of drug-likeness (QED) is 0.868. The zero-order chi connectivity index (χ0) is 13.1. The first kappa shape index (κ1) is 12.6. The van der Waals surface area contributed by atoms with E-state index >= 15 is 0 Å². The largest absolute Gasteiger partial charge is 0.496 e. The van der Waals surface area contributed by atoms with Crippen molar-refractivity contribution in [3.63, 3.8) is 0 Å². The molecule has 0 saturated heterocycles. The summed E-state index contributed by atoms with van der Waals surface area (Å²) in [6.07, 6.45) is 0.746. The second-order valence-electron chi connectivity index (χ2n) is 4.54. The molecule has 1 aromatic carbocycles. The summed E-state index contributed by atoms with van der Waals surface area (Å²) >= 11 is 0. The van der Waals surface area contributed by atoms with E-state index in [-0.39, 0.29) is 6.04 Å². The number of ether oxygens (including phenoxy) is 1. The van der Waals surface area contributed by atoms with Crippen molar-refractivity contribution < 1.29 is 4.74 Å². The van der Waals surface area contributed by atoms with Gasteiger partial charge in [-0.3, -0.25) is 0 Å². The molecule has 96 valence electrons. The summed E-state index contributed by atoms with van der Waals surface area (Å²) in [4.78, 5) is 7.89. The van der Waals surface area contributed by atoms with Gasteiger partial charge < -0.3 is 15.5 Å². The van der Waals surface area contributed by atoms with E-state index in [4.69, 9.17) is 10.5 Å². The van der Waals surface area contributed by atoms with Crippen molar-refractivity contribution in [1.82, 2.24) is 9.97 Å². The molecule has 0 aliphatic rings. The fourth-order valence-electron chi connectivity index (χ4n) is 2.03. The van der Waals surface area contributed by atoms with Gasteiger partial charge in [-0.15, -0.1) is 0 Å². The molecule has 0 aliphatic carbocycles. The van der Waals surface area contributed by atoms with Crippen LogP contribution in [-0.2, 0) is 6.42 Å². The highest BCUT2D eigenvalue weighted by atomic mass is 16.5. The maximum absolute atomic E-state index is 5.79. The first-order chi connectivity index (χ1) is 8.61. The van der Waals surface area contributed by atoms with E-state index in [2.05, 4.69) is 9.97 Å². The molecule has 0 radical (unpaired) electrons.